The van der Waals surface area contributed by atoms with Crippen molar-refractivity contribution in [1.29, 1.82) is 0 Å². The number of ether oxygens (including phenoxy) is 2. The van der Waals surface area contributed by atoms with Crippen molar-refractivity contribution in [3.63, 3.8) is 0 Å². The van der Waals surface area contributed by atoms with Crippen LogP contribution in [0.1, 0.15) is 19.3 Å². The van der Waals surface area contributed by atoms with E-state index in [9.17, 15) is 9.59 Å². The first kappa shape index (κ1) is 15.1. The number of hydrogen-bond acceptors (Lipinski definition) is 5. The highest BCUT2D eigenvalue weighted by Gasteiger charge is 2.16. The summed E-state index contributed by atoms with van der Waals surface area (Å²) in [6, 6.07) is 4.92. The monoisotopic (exact) mass is 294 g/mol. The minimum atomic E-state index is -0.726. The lowest BCUT2D eigenvalue weighted by molar-refractivity contribution is -0.136. The maximum atomic E-state index is 11.7. The fourth-order valence-electron chi connectivity index (χ4n) is 1.86. The lowest BCUT2D eigenvalue weighted by Gasteiger charge is -2.07. The molecule has 0 saturated heterocycles. The summed E-state index contributed by atoms with van der Waals surface area (Å²) in [4.78, 5) is 23.3. The fourth-order valence-corrected chi connectivity index (χ4v) is 1.86. The molecule has 0 aliphatic carbocycles. The van der Waals surface area contributed by atoms with Crippen molar-refractivity contribution in [2.75, 3.05) is 25.3 Å². The molecule has 0 saturated carbocycles. The van der Waals surface area contributed by atoms with Crippen LogP contribution < -0.4 is 20.1 Å². The van der Waals surface area contributed by atoms with E-state index in [4.69, 9.17) is 14.6 Å². The summed E-state index contributed by atoms with van der Waals surface area (Å²) in [6.07, 6.45) is 2.23. The highest BCUT2D eigenvalue weighted by atomic mass is 16.7. The molecule has 0 aromatic heterocycles. The van der Waals surface area contributed by atoms with Crippen molar-refractivity contribution < 1.29 is 24.2 Å². The third kappa shape index (κ3) is 4.35. The molecule has 0 radical (unpaired) electrons. The Labute approximate surface area is 122 Å². The van der Waals surface area contributed by atoms with E-state index < -0.39 is 11.8 Å². The summed E-state index contributed by atoms with van der Waals surface area (Å²) in [7, 11) is 0. The summed E-state index contributed by atoms with van der Waals surface area (Å²) in [5, 5.41) is 13.6. The molecule has 7 nitrogen and oxygen atoms in total. The molecule has 7 heteroatoms. The number of amides is 2. The van der Waals surface area contributed by atoms with Crippen molar-refractivity contribution in [1.82, 2.24) is 5.32 Å². The van der Waals surface area contributed by atoms with Gasteiger partial charge in [0, 0.05) is 24.9 Å². The van der Waals surface area contributed by atoms with Gasteiger partial charge in [0.1, 0.15) is 0 Å². The summed E-state index contributed by atoms with van der Waals surface area (Å²) >= 11 is 0. The number of aliphatic hydroxyl groups is 1. The van der Waals surface area contributed by atoms with Crippen LogP contribution in [0.25, 0.3) is 0 Å². The van der Waals surface area contributed by atoms with Gasteiger partial charge in [0.05, 0.1) is 0 Å². The summed E-state index contributed by atoms with van der Waals surface area (Å²) < 4.78 is 10.3. The molecule has 0 bridgehead atoms. The highest BCUT2D eigenvalue weighted by Crippen LogP contribution is 2.34. The smallest absolute Gasteiger partial charge is 0.313 e. The SMILES string of the molecule is O=C(NCCCCCO)C(=O)Nc1ccc2c(c1)OCO2. The Balaban J connectivity index is 1.77. The zero-order valence-electron chi connectivity index (χ0n) is 11.6. The van der Waals surface area contributed by atoms with Crippen molar-refractivity contribution in [2.45, 2.75) is 19.3 Å². The predicted molar refractivity (Wildman–Crippen MR) is 75.1 cm³/mol. The second kappa shape index (κ2) is 7.49. The predicted octanol–water partition coefficient (Wildman–Crippen LogP) is 0.633. The number of benzene rings is 1. The van der Waals surface area contributed by atoms with E-state index in [1.165, 1.54) is 0 Å². The second-order valence-corrected chi connectivity index (χ2v) is 4.56. The lowest BCUT2D eigenvalue weighted by atomic mass is 10.2. The van der Waals surface area contributed by atoms with E-state index in [-0.39, 0.29) is 13.4 Å². The van der Waals surface area contributed by atoms with Gasteiger partial charge in [-0.05, 0) is 31.4 Å². The Bertz CT molecular complexity index is 518. The van der Waals surface area contributed by atoms with E-state index in [0.717, 1.165) is 12.8 Å². The van der Waals surface area contributed by atoms with Crippen LogP contribution >= 0.6 is 0 Å². The van der Waals surface area contributed by atoms with Crippen LogP contribution in [0.3, 0.4) is 0 Å². The molecule has 2 rings (SSSR count). The molecule has 1 aromatic rings. The van der Waals surface area contributed by atoms with Gasteiger partial charge < -0.3 is 25.2 Å². The van der Waals surface area contributed by atoms with Crippen LogP contribution in [0.5, 0.6) is 11.5 Å². The number of carbonyl (C=O) groups excluding carboxylic acids is 2. The fraction of sp³-hybridized carbons (Fsp3) is 0.429. The van der Waals surface area contributed by atoms with Gasteiger partial charge in [0.2, 0.25) is 6.79 Å². The largest absolute Gasteiger partial charge is 0.454 e. The van der Waals surface area contributed by atoms with Crippen molar-refractivity contribution in [3.05, 3.63) is 18.2 Å². The van der Waals surface area contributed by atoms with Gasteiger partial charge in [-0.25, -0.2) is 0 Å². The van der Waals surface area contributed by atoms with E-state index in [0.29, 0.717) is 30.2 Å². The molecule has 0 unspecified atom stereocenters. The Kier molecular flexibility index (Phi) is 5.39. The number of carbonyl (C=O) groups is 2. The molecular weight excluding hydrogens is 276 g/mol. The van der Waals surface area contributed by atoms with Crippen molar-refractivity contribution >= 4 is 17.5 Å². The molecule has 1 aliphatic heterocycles. The van der Waals surface area contributed by atoms with Crippen LogP contribution in [0.15, 0.2) is 18.2 Å². The first-order chi connectivity index (χ1) is 10.2. The zero-order chi connectivity index (χ0) is 15.1. The molecule has 3 N–H and O–H groups in total. The first-order valence-corrected chi connectivity index (χ1v) is 6.80. The summed E-state index contributed by atoms with van der Waals surface area (Å²) in [6.45, 7) is 0.701. The Morgan fingerprint density at radius 2 is 1.90 bits per heavy atom. The third-order valence-corrected chi connectivity index (χ3v) is 2.96. The van der Waals surface area contributed by atoms with Gasteiger partial charge in [0.25, 0.3) is 0 Å². The van der Waals surface area contributed by atoms with E-state index in [1.807, 2.05) is 0 Å². The lowest BCUT2D eigenvalue weighted by Crippen LogP contribution is -2.35. The van der Waals surface area contributed by atoms with Gasteiger partial charge in [-0.1, -0.05) is 0 Å². The zero-order valence-corrected chi connectivity index (χ0v) is 11.6. The van der Waals surface area contributed by atoms with Gasteiger partial charge in [-0.15, -0.1) is 0 Å². The van der Waals surface area contributed by atoms with Crippen LogP contribution in [-0.4, -0.2) is 36.9 Å². The van der Waals surface area contributed by atoms with E-state index in [1.54, 1.807) is 18.2 Å². The summed E-state index contributed by atoms with van der Waals surface area (Å²) in [5.41, 5.74) is 0.472. The molecule has 114 valence electrons. The Morgan fingerprint density at radius 1 is 1.10 bits per heavy atom. The Hall–Kier alpha value is -2.28. The third-order valence-electron chi connectivity index (χ3n) is 2.96. The van der Waals surface area contributed by atoms with Gasteiger partial charge in [-0.3, -0.25) is 9.59 Å². The second-order valence-electron chi connectivity index (χ2n) is 4.56. The number of hydrogen-bond donors (Lipinski definition) is 3. The minimum absolute atomic E-state index is 0.137. The molecule has 1 aromatic carbocycles. The maximum absolute atomic E-state index is 11.7. The maximum Gasteiger partial charge on any atom is 0.313 e. The number of anilines is 1. The van der Waals surface area contributed by atoms with Crippen LogP contribution in [0.4, 0.5) is 5.69 Å². The number of fused-ring (bicyclic) bond motifs is 1. The number of aliphatic hydroxyl groups excluding tert-OH is 1. The van der Waals surface area contributed by atoms with E-state index >= 15 is 0 Å². The standard InChI is InChI=1S/C14H18N2O5/c17-7-3-1-2-6-15-13(18)14(19)16-10-4-5-11-12(8-10)21-9-20-11/h4-5,8,17H,1-3,6-7,9H2,(H,15,18)(H,16,19). The van der Waals surface area contributed by atoms with E-state index in [2.05, 4.69) is 10.6 Å². The topological polar surface area (TPSA) is 96.9 Å². The van der Waals surface area contributed by atoms with Crippen LogP contribution in [0.2, 0.25) is 0 Å². The first-order valence-electron chi connectivity index (χ1n) is 6.80. The van der Waals surface area contributed by atoms with Gasteiger partial charge >= 0.3 is 11.8 Å². The molecule has 21 heavy (non-hydrogen) atoms. The molecule has 2 amide bonds. The number of nitrogens with one attached hydrogen (secondary N) is 2. The minimum Gasteiger partial charge on any atom is -0.454 e. The van der Waals surface area contributed by atoms with Crippen LogP contribution in [0, 0.1) is 0 Å². The average Bonchev–Trinajstić information content (AvgIpc) is 2.94. The number of rotatable bonds is 6. The van der Waals surface area contributed by atoms with Gasteiger partial charge in [-0.2, -0.15) is 0 Å². The molecule has 1 heterocycles. The van der Waals surface area contributed by atoms with Crippen molar-refractivity contribution in [2.24, 2.45) is 0 Å². The molecule has 0 spiro atoms. The normalized spacial score (nSPS) is 12.0. The highest BCUT2D eigenvalue weighted by molar-refractivity contribution is 6.39. The van der Waals surface area contributed by atoms with Crippen molar-refractivity contribution in [3.8, 4) is 11.5 Å². The van der Waals surface area contributed by atoms with Gasteiger partial charge in [0.15, 0.2) is 11.5 Å². The molecule has 1 aliphatic rings. The number of unbranched alkanes of at least 4 members (excludes halogenated alkanes) is 2. The quantitative estimate of drug-likeness (QED) is 0.528. The Morgan fingerprint density at radius 3 is 2.71 bits per heavy atom. The molecule has 0 atom stereocenters. The molecule has 0 fully saturated rings. The van der Waals surface area contributed by atoms with Crippen LogP contribution in [-0.2, 0) is 9.59 Å². The molecular formula is C14H18N2O5. The average molecular weight is 294 g/mol. The summed E-state index contributed by atoms with van der Waals surface area (Å²) in [5.74, 6) is -0.258.